The fraction of sp³-hybridized carbons (Fsp3) is 0.364. The first-order valence-corrected chi connectivity index (χ1v) is 9.79. The molecule has 0 radical (unpaired) electrons. The number of nitrogens with one attached hydrogen (secondary N) is 1. The zero-order valence-electron chi connectivity index (χ0n) is 16.0. The van der Waals surface area contributed by atoms with Gasteiger partial charge >= 0.3 is 0 Å². The number of amides is 2. The SMILES string of the molecule is O=C(Nc1cccc(C(=O)N2CCOC(c3ccc(F)cc3)C2)c1)C1CCCO1. The van der Waals surface area contributed by atoms with Gasteiger partial charge in [0.1, 0.15) is 18.0 Å². The number of hydrogen-bond acceptors (Lipinski definition) is 4. The molecule has 2 aliphatic rings. The van der Waals surface area contributed by atoms with E-state index in [0.717, 1.165) is 12.0 Å². The fourth-order valence-electron chi connectivity index (χ4n) is 3.63. The monoisotopic (exact) mass is 398 g/mol. The first-order chi connectivity index (χ1) is 14.1. The Labute approximate surface area is 168 Å². The van der Waals surface area contributed by atoms with Crippen molar-refractivity contribution in [1.29, 1.82) is 0 Å². The van der Waals surface area contributed by atoms with Gasteiger partial charge in [0.2, 0.25) is 0 Å². The second-order valence-corrected chi connectivity index (χ2v) is 7.23. The molecule has 7 heteroatoms. The molecule has 2 amide bonds. The lowest BCUT2D eigenvalue weighted by Gasteiger charge is -2.33. The predicted octanol–water partition coefficient (Wildman–Crippen LogP) is 3.16. The van der Waals surface area contributed by atoms with Gasteiger partial charge < -0.3 is 19.7 Å². The first-order valence-electron chi connectivity index (χ1n) is 9.79. The minimum atomic E-state index is -0.426. The zero-order valence-corrected chi connectivity index (χ0v) is 16.0. The number of hydrogen-bond donors (Lipinski definition) is 1. The molecule has 4 rings (SSSR count). The number of ether oxygens (including phenoxy) is 2. The summed E-state index contributed by atoms with van der Waals surface area (Å²) in [6.45, 7) is 1.87. The molecule has 0 bridgehead atoms. The number of nitrogens with zero attached hydrogens (tertiary/aromatic N) is 1. The molecular weight excluding hydrogens is 375 g/mol. The molecule has 2 aromatic rings. The molecule has 0 saturated carbocycles. The zero-order chi connectivity index (χ0) is 20.2. The molecule has 2 aromatic carbocycles. The van der Waals surface area contributed by atoms with Crippen LogP contribution in [0.1, 0.15) is 34.9 Å². The average molecular weight is 398 g/mol. The van der Waals surface area contributed by atoms with Gasteiger partial charge in [-0.05, 0) is 48.7 Å². The van der Waals surface area contributed by atoms with Crippen molar-refractivity contribution in [1.82, 2.24) is 4.90 Å². The molecule has 152 valence electrons. The Morgan fingerprint density at radius 1 is 1.07 bits per heavy atom. The molecule has 2 saturated heterocycles. The van der Waals surface area contributed by atoms with E-state index in [1.807, 2.05) is 0 Å². The lowest BCUT2D eigenvalue weighted by molar-refractivity contribution is -0.124. The molecule has 0 spiro atoms. The van der Waals surface area contributed by atoms with Gasteiger partial charge in [-0.2, -0.15) is 0 Å². The summed E-state index contributed by atoms with van der Waals surface area (Å²) in [5.41, 5.74) is 1.90. The Morgan fingerprint density at radius 3 is 2.66 bits per heavy atom. The normalized spacial score (nSPS) is 21.8. The van der Waals surface area contributed by atoms with E-state index in [0.29, 0.717) is 44.0 Å². The Hall–Kier alpha value is -2.77. The predicted molar refractivity (Wildman–Crippen MR) is 105 cm³/mol. The highest BCUT2D eigenvalue weighted by Crippen LogP contribution is 2.24. The second-order valence-electron chi connectivity index (χ2n) is 7.23. The van der Waals surface area contributed by atoms with Crippen LogP contribution in [0.15, 0.2) is 48.5 Å². The van der Waals surface area contributed by atoms with Crippen molar-refractivity contribution in [3.05, 3.63) is 65.5 Å². The van der Waals surface area contributed by atoms with Crippen LogP contribution in [-0.2, 0) is 14.3 Å². The molecule has 0 aromatic heterocycles. The Bertz CT molecular complexity index is 881. The fourth-order valence-corrected chi connectivity index (χ4v) is 3.63. The van der Waals surface area contributed by atoms with Crippen LogP contribution in [-0.4, -0.2) is 49.1 Å². The average Bonchev–Trinajstić information content (AvgIpc) is 3.29. The third-order valence-corrected chi connectivity index (χ3v) is 5.19. The lowest BCUT2D eigenvalue weighted by atomic mass is 10.1. The maximum Gasteiger partial charge on any atom is 0.254 e. The van der Waals surface area contributed by atoms with Crippen molar-refractivity contribution < 1.29 is 23.5 Å². The summed E-state index contributed by atoms with van der Waals surface area (Å²) >= 11 is 0. The Morgan fingerprint density at radius 2 is 1.90 bits per heavy atom. The van der Waals surface area contributed by atoms with E-state index in [2.05, 4.69) is 5.32 Å². The molecule has 2 atom stereocenters. The van der Waals surface area contributed by atoms with Gasteiger partial charge in [0, 0.05) is 24.4 Å². The minimum absolute atomic E-state index is 0.131. The van der Waals surface area contributed by atoms with Crippen molar-refractivity contribution in [2.24, 2.45) is 0 Å². The molecule has 2 heterocycles. The van der Waals surface area contributed by atoms with Crippen molar-refractivity contribution >= 4 is 17.5 Å². The van der Waals surface area contributed by atoms with Crippen molar-refractivity contribution in [2.45, 2.75) is 25.0 Å². The topological polar surface area (TPSA) is 67.9 Å². The van der Waals surface area contributed by atoms with E-state index in [9.17, 15) is 14.0 Å². The van der Waals surface area contributed by atoms with Crippen LogP contribution in [0.5, 0.6) is 0 Å². The van der Waals surface area contributed by atoms with Gasteiger partial charge in [-0.25, -0.2) is 4.39 Å². The molecule has 2 aliphatic heterocycles. The highest BCUT2D eigenvalue weighted by atomic mass is 19.1. The molecule has 6 nitrogen and oxygen atoms in total. The van der Waals surface area contributed by atoms with Crippen LogP contribution in [0.25, 0.3) is 0 Å². The summed E-state index contributed by atoms with van der Waals surface area (Å²) in [6.07, 6.45) is 0.868. The highest BCUT2D eigenvalue weighted by Gasteiger charge is 2.27. The van der Waals surface area contributed by atoms with E-state index >= 15 is 0 Å². The molecule has 2 fully saturated rings. The minimum Gasteiger partial charge on any atom is -0.370 e. The number of rotatable bonds is 4. The first kappa shape index (κ1) is 19.5. The molecular formula is C22H23FN2O4. The van der Waals surface area contributed by atoms with E-state index in [1.54, 1.807) is 41.3 Å². The Balaban J connectivity index is 1.43. The van der Waals surface area contributed by atoms with Gasteiger partial charge in [0.05, 0.1) is 13.2 Å². The standard InChI is InChI=1S/C22H23FN2O4/c23-17-8-6-15(7-9-17)20-14-25(10-12-29-20)22(27)16-3-1-4-18(13-16)24-21(26)19-5-2-11-28-19/h1,3-4,6-9,13,19-20H,2,5,10-12,14H2,(H,24,26). The van der Waals surface area contributed by atoms with Gasteiger partial charge in [-0.15, -0.1) is 0 Å². The van der Waals surface area contributed by atoms with Gasteiger partial charge in [0.25, 0.3) is 11.8 Å². The van der Waals surface area contributed by atoms with Crippen LogP contribution in [0.4, 0.5) is 10.1 Å². The van der Waals surface area contributed by atoms with E-state index in [-0.39, 0.29) is 23.7 Å². The number of carbonyl (C=O) groups is 2. The molecule has 0 aliphatic carbocycles. The third-order valence-electron chi connectivity index (χ3n) is 5.19. The van der Waals surface area contributed by atoms with E-state index in [4.69, 9.17) is 9.47 Å². The van der Waals surface area contributed by atoms with Crippen LogP contribution in [0.2, 0.25) is 0 Å². The van der Waals surface area contributed by atoms with Crippen molar-refractivity contribution in [3.8, 4) is 0 Å². The van der Waals surface area contributed by atoms with Gasteiger partial charge in [-0.3, -0.25) is 9.59 Å². The second kappa shape index (κ2) is 8.71. The summed E-state index contributed by atoms with van der Waals surface area (Å²) in [4.78, 5) is 27.0. The van der Waals surface area contributed by atoms with E-state index < -0.39 is 6.10 Å². The van der Waals surface area contributed by atoms with Crippen molar-refractivity contribution in [2.75, 3.05) is 31.6 Å². The number of halogens is 1. The quantitative estimate of drug-likeness (QED) is 0.859. The summed E-state index contributed by atoms with van der Waals surface area (Å²) < 4.78 is 24.3. The maximum absolute atomic E-state index is 13.2. The van der Waals surface area contributed by atoms with Gasteiger partial charge in [0.15, 0.2) is 0 Å². The summed E-state index contributed by atoms with van der Waals surface area (Å²) in [5.74, 6) is -0.622. The van der Waals surface area contributed by atoms with Gasteiger partial charge in [-0.1, -0.05) is 18.2 Å². The molecule has 1 N–H and O–H groups in total. The lowest BCUT2D eigenvalue weighted by Crippen LogP contribution is -2.42. The number of anilines is 1. The number of morpholine rings is 1. The third kappa shape index (κ3) is 4.63. The summed E-state index contributed by atoms with van der Waals surface area (Å²) in [6, 6.07) is 13.0. The van der Waals surface area contributed by atoms with Crippen LogP contribution in [0, 0.1) is 5.82 Å². The number of carbonyl (C=O) groups excluding carboxylic acids is 2. The van der Waals surface area contributed by atoms with E-state index in [1.165, 1.54) is 12.1 Å². The summed E-state index contributed by atoms with van der Waals surface area (Å²) in [7, 11) is 0. The molecule has 29 heavy (non-hydrogen) atoms. The highest BCUT2D eigenvalue weighted by molar-refractivity contribution is 5.98. The maximum atomic E-state index is 13.2. The smallest absolute Gasteiger partial charge is 0.254 e. The van der Waals surface area contributed by atoms with Crippen LogP contribution < -0.4 is 5.32 Å². The van der Waals surface area contributed by atoms with Crippen molar-refractivity contribution in [3.63, 3.8) is 0 Å². The van der Waals surface area contributed by atoms with Crippen LogP contribution in [0.3, 0.4) is 0 Å². The Kier molecular flexibility index (Phi) is 5.87. The largest absolute Gasteiger partial charge is 0.370 e. The number of benzene rings is 2. The van der Waals surface area contributed by atoms with Crippen LogP contribution >= 0.6 is 0 Å². The molecule has 2 unspecified atom stereocenters. The summed E-state index contributed by atoms with van der Waals surface area (Å²) in [5, 5.41) is 2.83.